The van der Waals surface area contributed by atoms with E-state index in [1.165, 1.54) is 0 Å². The lowest BCUT2D eigenvalue weighted by Gasteiger charge is -2.25. The number of amides is 2. The first-order chi connectivity index (χ1) is 13.2. The van der Waals surface area contributed by atoms with Crippen LogP contribution in [0.2, 0.25) is 0 Å². The molecular formula is C21H31N3O3. The maximum atomic E-state index is 12.8. The number of ether oxygens (including phenoxy) is 1. The van der Waals surface area contributed by atoms with Crippen molar-refractivity contribution in [2.75, 3.05) is 43.1 Å². The molecule has 2 aliphatic rings. The molecule has 27 heavy (non-hydrogen) atoms. The fraction of sp³-hybridized carbons (Fsp3) is 0.619. The summed E-state index contributed by atoms with van der Waals surface area (Å²) in [6, 6.07) is 5.70. The largest absolute Gasteiger partial charge is 0.382 e. The van der Waals surface area contributed by atoms with Gasteiger partial charge >= 0.3 is 0 Å². The lowest BCUT2D eigenvalue weighted by Crippen LogP contribution is -2.30. The Balaban J connectivity index is 1.69. The van der Waals surface area contributed by atoms with Gasteiger partial charge in [0.1, 0.15) is 0 Å². The zero-order valence-electron chi connectivity index (χ0n) is 16.3. The highest BCUT2D eigenvalue weighted by molar-refractivity contribution is 6.02. The molecule has 1 saturated heterocycles. The summed E-state index contributed by atoms with van der Waals surface area (Å²) in [4.78, 5) is 27.3. The van der Waals surface area contributed by atoms with Crippen LogP contribution in [0.15, 0.2) is 18.2 Å². The number of carbonyl (C=O) groups excluding carboxylic acids is 2. The quantitative estimate of drug-likeness (QED) is 0.652. The normalized spacial score (nSPS) is 16.9. The monoisotopic (exact) mass is 373 g/mol. The molecule has 0 atom stereocenters. The van der Waals surface area contributed by atoms with Crippen LogP contribution in [0.5, 0.6) is 0 Å². The molecule has 0 radical (unpaired) electrons. The zero-order chi connectivity index (χ0) is 19.1. The maximum Gasteiger partial charge on any atom is 0.253 e. The third-order valence-corrected chi connectivity index (χ3v) is 5.39. The van der Waals surface area contributed by atoms with E-state index in [0.717, 1.165) is 57.3 Å². The highest BCUT2D eigenvalue weighted by atomic mass is 16.5. The van der Waals surface area contributed by atoms with E-state index in [1.807, 2.05) is 25.1 Å². The third kappa shape index (κ3) is 5.22. The van der Waals surface area contributed by atoms with Crippen molar-refractivity contribution in [3.63, 3.8) is 0 Å². The topological polar surface area (TPSA) is 70.7 Å². The first kappa shape index (κ1) is 19.7. The molecule has 2 fully saturated rings. The second-order valence-electron chi connectivity index (χ2n) is 7.35. The SMILES string of the molecule is CCOCCCNC(=O)c1cc(NC(=O)C2CCC2)ccc1N1CCCC1. The van der Waals surface area contributed by atoms with Crippen molar-refractivity contribution in [1.29, 1.82) is 0 Å². The summed E-state index contributed by atoms with van der Waals surface area (Å²) in [5, 5.41) is 5.97. The van der Waals surface area contributed by atoms with Crippen LogP contribution in [0.1, 0.15) is 55.8 Å². The van der Waals surface area contributed by atoms with E-state index < -0.39 is 0 Å². The summed E-state index contributed by atoms with van der Waals surface area (Å²) in [6.07, 6.45) is 6.14. The molecule has 1 aliphatic heterocycles. The van der Waals surface area contributed by atoms with Gasteiger partial charge in [-0.1, -0.05) is 6.42 Å². The Bertz CT molecular complexity index is 652. The molecule has 2 N–H and O–H groups in total. The summed E-state index contributed by atoms with van der Waals surface area (Å²) < 4.78 is 5.32. The van der Waals surface area contributed by atoms with E-state index in [4.69, 9.17) is 4.74 Å². The Morgan fingerprint density at radius 2 is 1.96 bits per heavy atom. The summed E-state index contributed by atoms with van der Waals surface area (Å²) in [5.74, 6) is 0.102. The Kier molecular flexibility index (Phi) is 7.10. The molecule has 0 unspecified atom stereocenters. The van der Waals surface area contributed by atoms with Gasteiger partial charge in [-0.15, -0.1) is 0 Å². The lowest BCUT2D eigenvalue weighted by molar-refractivity contribution is -0.122. The van der Waals surface area contributed by atoms with E-state index in [9.17, 15) is 9.59 Å². The standard InChI is InChI=1S/C21H31N3O3/c1-2-27-14-6-11-22-21(26)18-15-17(23-20(25)16-7-5-8-16)9-10-19(18)24-12-3-4-13-24/h9-10,15-16H,2-8,11-14H2,1H3,(H,22,26)(H,23,25). The first-order valence-electron chi connectivity index (χ1n) is 10.2. The van der Waals surface area contributed by atoms with Crippen molar-refractivity contribution in [2.24, 2.45) is 5.92 Å². The van der Waals surface area contributed by atoms with Gasteiger partial charge in [0.05, 0.1) is 5.56 Å². The summed E-state index contributed by atoms with van der Waals surface area (Å²) in [6.45, 7) is 5.82. The molecule has 1 saturated carbocycles. The van der Waals surface area contributed by atoms with Crippen LogP contribution in [0, 0.1) is 5.92 Å². The third-order valence-electron chi connectivity index (χ3n) is 5.39. The molecule has 2 amide bonds. The summed E-state index contributed by atoms with van der Waals surface area (Å²) in [7, 11) is 0. The minimum atomic E-state index is -0.0897. The molecule has 148 valence electrons. The molecule has 3 rings (SSSR count). The smallest absolute Gasteiger partial charge is 0.253 e. The Labute approximate surface area is 161 Å². The van der Waals surface area contributed by atoms with Crippen LogP contribution in [0.4, 0.5) is 11.4 Å². The second kappa shape index (κ2) is 9.74. The van der Waals surface area contributed by atoms with Gasteiger partial charge in [0.25, 0.3) is 5.91 Å². The number of hydrogen-bond acceptors (Lipinski definition) is 4. The highest BCUT2D eigenvalue weighted by Crippen LogP contribution is 2.30. The van der Waals surface area contributed by atoms with Gasteiger partial charge < -0.3 is 20.3 Å². The molecule has 1 aromatic rings. The number of carbonyl (C=O) groups is 2. The van der Waals surface area contributed by atoms with Gasteiger partial charge in [0, 0.05) is 50.1 Å². The van der Waals surface area contributed by atoms with Crippen LogP contribution in [-0.2, 0) is 9.53 Å². The predicted molar refractivity (Wildman–Crippen MR) is 107 cm³/mol. The number of nitrogens with zero attached hydrogens (tertiary/aromatic N) is 1. The van der Waals surface area contributed by atoms with Crippen molar-refractivity contribution < 1.29 is 14.3 Å². The zero-order valence-corrected chi connectivity index (χ0v) is 16.3. The summed E-state index contributed by atoms with van der Waals surface area (Å²) >= 11 is 0. The molecule has 0 spiro atoms. The predicted octanol–water partition coefficient (Wildman–Crippen LogP) is 3.18. The van der Waals surface area contributed by atoms with Crippen molar-refractivity contribution in [3.8, 4) is 0 Å². The van der Waals surface area contributed by atoms with E-state index in [1.54, 1.807) is 0 Å². The van der Waals surface area contributed by atoms with Crippen LogP contribution in [-0.4, -0.2) is 44.7 Å². The van der Waals surface area contributed by atoms with Gasteiger partial charge in [-0.25, -0.2) is 0 Å². The minimum Gasteiger partial charge on any atom is -0.382 e. The average Bonchev–Trinajstić information content (AvgIpc) is 3.14. The molecule has 0 bridgehead atoms. The van der Waals surface area contributed by atoms with Gasteiger partial charge in [-0.3, -0.25) is 9.59 Å². The number of nitrogens with one attached hydrogen (secondary N) is 2. The molecular weight excluding hydrogens is 342 g/mol. The molecule has 1 aromatic carbocycles. The number of benzene rings is 1. The highest BCUT2D eigenvalue weighted by Gasteiger charge is 2.26. The number of anilines is 2. The van der Waals surface area contributed by atoms with Crippen molar-refractivity contribution in [1.82, 2.24) is 5.32 Å². The van der Waals surface area contributed by atoms with Gasteiger partial charge in [0.15, 0.2) is 0 Å². The van der Waals surface area contributed by atoms with Gasteiger partial charge in [-0.05, 0) is 57.2 Å². The van der Waals surface area contributed by atoms with Crippen molar-refractivity contribution in [3.05, 3.63) is 23.8 Å². The van der Waals surface area contributed by atoms with Gasteiger partial charge in [-0.2, -0.15) is 0 Å². The van der Waals surface area contributed by atoms with Gasteiger partial charge in [0.2, 0.25) is 5.91 Å². The Hall–Kier alpha value is -2.08. The average molecular weight is 373 g/mol. The van der Waals surface area contributed by atoms with Crippen molar-refractivity contribution >= 4 is 23.2 Å². The Morgan fingerprint density at radius 1 is 1.19 bits per heavy atom. The maximum absolute atomic E-state index is 12.8. The minimum absolute atomic E-state index is 0.0678. The Morgan fingerprint density at radius 3 is 2.63 bits per heavy atom. The van der Waals surface area contributed by atoms with E-state index >= 15 is 0 Å². The fourth-order valence-corrected chi connectivity index (χ4v) is 3.56. The van der Waals surface area contributed by atoms with E-state index in [2.05, 4.69) is 15.5 Å². The van der Waals surface area contributed by atoms with Crippen LogP contribution in [0.3, 0.4) is 0 Å². The second-order valence-corrected chi connectivity index (χ2v) is 7.35. The summed E-state index contributed by atoms with van der Waals surface area (Å²) in [5.41, 5.74) is 2.30. The number of hydrogen-bond donors (Lipinski definition) is 2. The number of rotatable bonds is 9. The van der Waals surface area contributed by atoms with Crippen LogP contribution < -0.4 is 15.5 Å². The molecule has 6 nitrogen and oxygen atoms in total. The van der Waals surface area contributed by atoms with E-state index in [-0.39, 0.29) is 17.7 Å². The van der Waals surface area contributed by atoms with E-state index in [0.29, 0.717) is 31.0 Å². The lowest BCUT2D eigenvalue weighted by atomic mass is 9.85. The van der Waals surface area contributed by atoms with Crippen LogP contribution >= 0.6 is 0 Å². The first-order valence-corrected chi connectivity index (χ1v) is 10.2. The van der Waals surface area contributed by atoms with Crippen LogP contribution in [0.25, 0.3) is 0 Å². The molecule has 1 heterocycles. The molecule has 0 aromatic heterocycles. The van der Waals surface area contributed by atoms with Crippen molar-refractivity contribution in [2.45, 2.75) is 45.4 Å². The molecule has 6 heteroatoms. The fourth-order valence-electron chi connectivity index (χ4n) is 3.56. The molecule has 1 aliphatic carbocycles.